The number of hydrogen-bond donors (Lipinski definition) is 0. The molecule has 1 fully saturated rings. The van der Waals surface area contributed by atoms with Gasteiger partial charge >= 0.3 is 23.9 Å². The van der Waals surface area contributed by atoms with Crippen LogP contribution in [0.2, 0.25) is 0 Å². The average Bonchev–Trinajstić information content (AvgIpc) is 2.13. The fourth-order valence-electron chi connectivity index (χ4n) is 1.16. The number of ether oxygens (including phenoxy) is 1. The predicted molar refractivity (Wildman–Crippen MR) is 35.2 cm³/mol. The van der Waals surface area contributed by atoms with Crippen molar-refractivity contribution in [1.29, 1.82) is 0 Å². The van der Waals surface area contributed by atoms with Crippen LogP contribution >= 0.6 is 0 Å². The number of alkyl halides is 9. The molecule has 0 N–H and O–H groups in total. The summed E-state index contributed by atoms with van der Waals surface area (Å²) in [6.07, 6.45) is -12.6. The van der Waals surface area contributed by atoms with Crippen LogP contribution in [0.15, 0.2) is 0 Å². The molecular formula is C7H5F9O. The van der Waals surface area contributed by atoms with Crippen LogP contribution in [0, 0.1) is 0 Å². The van der Waals surface area contributed by atoms with Crippen molar-refractivity contribution in [3.05, 3.63) is 0 Å². The molecular weight excluding hydrogens is 271 g/mol. The minimum Gasteiger partial charge on any atom is -0.326 e. The molecule has 0 bridgehead atoms. The molecule has 3 unspecified atom stereocenters. The van der Waals surface area contributed by atoms with Gasteiger partial charge in [-0.3, -0.25) is 0 Å². The molecule has 102 valence electrons. The maximum absolute atomic E-state index is 13.0. The highest BCUT2D eigenvalue weighted by Crippen LogP contribution is 2.62. The van der Waals surface area contributed by atoms with E-state index in [1.807, 2.05) is 0 Å². The van der Waals surface area contributed by atoms with E-state index in [1.165, 1.54) is 0 Å². The van der Waals surface area contributed by atoms with Crippen molar-refractivity contribution in [3.8, 4) is 0 Å². The molecule has 1 rings (SSSR count). The Hall–Kier alpha value is -0.670. The van der Waals surface area contributed by atoms with E-state index in [1.54, 1.807) is 0 Å². The van der Waals surface area contributed by atoms with Gasteiger partial charge in [-0.05, 0) is 6.92 Å². The first-order valence-electron chi connectivity index (χ1n) is 4.11. The molecule has 0 spiro atoms. The molecule has 0 aromatic rings. The molecule has 0 amide bonds. The summed E-state index contributed by atoms with van der Waals surface area (Å²) in [6.45, 7) is 0.0978. The molecule has 0 aromatic carbocycles. The Bertz CT molecular complexity index is 311. The summed E-state index contributed by atoms with van der Waals surface area (Å²) in [7, 11) is 0. The lowest BCUT2D eigenvalue weighted by Crippen LogP contribution is -2.80. The first-order valence-corrected chi connectivity index (χ1v) is 4.11. The van der Waals surface area contributed by atoms with E-state index in [2.05, 4.69) is 4.74 Å². The smallest absolute Gasteiger partial charge is 0.326 e. The van der Waals surface area contributed by atoms with E-state index in [-0.39, 0.29) is 6.92 Å². The summed E-state index contributed by atoms with van der Waals surface area (Å²) in [6, 6.07) is 0. The summed E-state index contributed by atoms with van der Waals surface area (Å²) >= 11 is 0. The van der Waals surface area contributed by atoms with E-state index < -0.39 is 36.2 Å². The van der Waals surface area contributed by atoms with Crippen LogP contribution in [0.25, 0.3) is 0 Å². The van der Waals surface area contributed by atoms with E-state index in [0.29, 0.717) is 0 Å². The highest BCUT2D eigenvalue weighted by molar-refractivity contribution is 5.18. The Morgan fingerprint density at radius 3 is 1.76 bits per heavy atom. The third kappa shape index (κ3) is 1.67. The second-order valence-electron chi connectivity index (χ2n) is 3.51. The van der Waals surface area contributed by atoms with Crippen LogP contribution in [0.1, 0.15) is 6.92 Å². The van der Waals surface area contributed by atoms with Crippen molar-refractivity contribution in [1.82, 2.24) is 0 Å². The van der Waals surface area contributed by atoms with Crippen LogP contribution in [0.3, 0.4) is 0 Å². The molecule has 10 heteroatoms. The standard InChI is InChI=1S/C7H5F9O/c1-2(6(12,13)14)17-5(11)3(8)4(9,10)7(5,15)16/h2-3H,1H3. The lowest BCUT2D eigenvalue weighted by Gasteiger charge is -2.50. The first kappa shape index (κ1) is 14.4. The predicted octanol–water partition coefficient (Wildman–Crippen LogP) is 3.24. The monoisotopic (exact) mass is 276 g/mol. The third-order valence-electron chi connectivity index (χ3n) is 2.30. The van der Waals surface area contributed by atoms with Gasteiger partial charge in [0.1, 0.15) is 0 Å². The van der Waals surface area contributed by atoms with E-state index in [4.69, 9.17) is 0 Å². The van der Waals surface area contributed by atoms with Crippen molar-refractivity contribution < 1.29 is 44.3 Å². The van der Waals surface area contributed by atoms with Gasteiger partial charge in [0.2, 0.25) is 6.17 Å². The summed E-state index contributed by atoms with van der Waals surface area (Å²) in [5.74, 6) is -16.0. The fraction of sp³-hybridized carbons (Fsp3) is 1.00. The van der Waals surface area contributed by atoms with Crippen molar-refractivity contribution in [2.24, 2.45) is 0 Å². The Labute approximate surface area is 88.5 Å². The Morgan fingerprint density at radius 1 is 1.06 bits per heavy atom. The van der Waals surface area contributed by atoms with Gasteiger partial charge in [0.25, 0.3) is 0 Å². The van der Waals surface area contributed by atoms with Crippen molar-refractivity contribution in [2.45, 2.75) is 43.1 Å². The third-order valence-corrected chi connectivity index (χ3v) is 2.30. The maximum atomic E-state index is 13.0. The first-order chi connectivity index (χ1) is 7.28. The van der Waals surface area contributed by atoms with Crippen LogP contribution in [-0.4, -0.2) is 36.2 Å². The molecule has 0 radical (unpaired) electrons. The molecule has 0 heterocycles. The molecule has 0 aliphatic heterocycles. The van der Waals surface area contributed by atoms with Crippen molar-refractivity contribution in [2.75, 3.05) is 0 Å². The lowest BCUT2D eigenvalue weighted by molar-refractivity contribution is -0.479. The fourth-order valence-corrected chi connectivity index (χ4v) is 1.16. The molecule has 0 aromatic heterocycles. The van der Waals surface area contributed by atoms with Gasteiger partial charge < -0.3 is 4.74 Å². The van der Waals surface area contributed by atoms with Gasteiger partial charge in [0.05, 0.1) is 0 Å². The lowest BCUT2D eigenvalue weighted by atomic mass is 9.80. The van der Waals surface area contributed by atoms with E-state index >= 15 is 0 Å². The summed E-state index contributed by atoms with van der Waals surface area (Å²) in [5.41, 5.74) is 0. The summed E-state index contributed by atoms with van der Waals surface area (Å²) in [4.78, 5) is 0. The summed E-state index contributed by atoms with van der Waals surface area (Å²) < 4.78 is 114. The maximum Gasteiger partial charge on any atom is 0.414 e. The van der Waals surface area contributed by atoms with Gasteiger partial charge in [-0.25, -0.2) is 8.78 Å². The number of hydrogen-bond acceptors (Lipinski definition) is 1. The molecule has 3 atom stereocenters. The molecule has 0 saturated heterocycles. The van der Waals surface area contributed by atoms with Gasteiger partial charge in [0.15, 0.2) is 6.10 Å². The van der Waals surface area contributed by atoms with Gasteiger partial charge in [-0.2, -0.15) is 30.7 Å². The van der Waals surface area contributed by atoms with Crippen LogP contribution < -0.4 is 0 Å². The molecule has 1 aliphatic rings. The zero-order chi connectivity index (χ0) is 13.9. The summed E-state index contributed by atoms with van der Waals surface area (Å²) in [5, 5.41) is 0. The van der Waals surface area contributed by atoms with Gasteiger partial charge in [-0.15, -0.1) is 0 Å². The highest BCUT2D eigenvalue weighted by atomic mass is 19.4. The Morgan fingerprint density at radius 2 is 1.47 bits per heavy atom. The zero-order valence-corrected chi connectivity index (χ0v) is 7.96. The topological polar surface area (TPSA) is 9.23 Å². The van der Waals surface area contributed by atoms with E-state index in [0.717, 1.165) is 0 Å². The van der Waals surface area contributed by atoms with Crippen LogP contribution in [0.4, 0.5) is 39.5 Å². The second kappa shape index (κ2) is 3.42. The molecule has 1 saturated carbocycles. The highest BCUT2D eigenvalue weighted by Gasteiger charge is 2.92. The average molecular weight is 276 g/mol. The SMILES string of the molecule is CC(OC1(F)C(F)C(F)(F)C1(F)F)C(F)(F)F. The quantitative estimate of drug-likeness (QED) is 0.703. The molecule has 17 heavy (non-hydrogen) atoms. The van der Waals surface area contributed by atoms with Crippen molar-refractivity contribution in [3.63, 3.8) is 0 Å². The van der Waals surface area contributed by atoms with Crippen LogP contribution in [0.5, 0.6) is 0 Å². The molecule has 1 aliphatic carbocycles. The normalized spacial score (nSPS) is 37.4. The van der Waals surface area contributed by atoms with Crippen molar-refractivity contribution >= 4 is 0 Å². The number of halogens is 9. The second-order valence-corrected chi connectivity index (χ2v) is 3.51. The minimum atomic E-state index is -5.65. The molecule has 1 nitrogen and oxygen atoms in total. The Kier molecular flexibility index (Phi) is 2.90. The van der Waals surface area contributed by atoms with Gasteiger partial charge in [0, 0.05) is 0 Å². The Balaban J connectivity index is 2.92. The van der Waals surface area contributed by atoms with E-state index in [9.17, 15) is 39.5 Å². The minimum absolute atomic E-state index is 0.0978. The van der Waals surface area contributed by atoms with Gasteiger partial charge in [-0.1, -0.05) is 0 Å². The zero-order valence-electron chi connectivity index (χ0n) is 7.96. The largest absolute Gasteiger partial charge is 0.414 e. The van der Waals surface area contributed by atoms with Crippen LogP contribution in [-0.2, 0) is 4.74 Å². The number of rotatable bonds is 2.